The van der Waals surface area contributed by atoms with Crippen molar-refractivity contribution >= 4 is 18.3 Å². The van der Waals surface area contributed by atoms with E-state index in [1.165, 1.54) is 12.1 Å². The van der Waals surface area contributed by atoms with Crippen molar-refractivity contribution in [1.82, 2.24) is 15.6 Å². The minimum Gasteiger partial charge on any atom is -0.450 e. The van der Waals surface area contributed by atoms with Crippen molar-refractivity contribution < 1.29 is 23.5 Å². The van der Waals surface area contributed by atoms with Crippen LogP contribution in [-0.4, -0.2) is 42.0 Å². The maximum absolute atomic E-state index is 13.6. The Morgan fingerprint density at radius 2 is 2.14 bits per heavy atom. The van der Waals surface area contributed by atoms with Gasteiger partial charge in [-0.25, -0.2) is 14.0 Å². The molecule has 1 aromatic carbocycles. The van der Waals surface area contributed by atoms with Crippen LogP contribution in [0.1, 0.15) is 38.3 Å². The lowest BCUT2D eigenvalue weighted by molar-refractivity contribution is 0.00604. The van der Waals surface area contributed by atoms with E-state index in [-0.39, 0.29) is 42.1 Å². The molecule has 0 spiro atoms. The number of nitrogens with zero attached hydrogens (tertiary/aromatic N) is 1. The molecule has 1 saturated heterocycles. The Morgan fingerprint density at radius 3 is 2.91 bits per heavy atom. The highest BCUT2D eigenvalue weighted by atomic mass is 19.1. The second kappa shape index (κ2) is 10.1. The normalized spacial score (nSPS) is 29.6. The molecule has 2 heterocycles. The van der Waals surface area contributed by atoms with E-state index in [1.54, 1.807) is 19.2 Å². The first-order chi connectivity index (χ1) is 17.0. The largest absolute Gasteiger partial charge is 0.450 e. The number of halogens is 1. The molecule has 2 aromatic rings. The highest BCUT2D eigenvalue weighted by Gasteiger charge is 2.51. The summed E-state index contributed by atoms with van der Waals surface area (Å²) in [4.78, 5) is 28.5. The molecule has 35 heavy (non-hydrogen) atoms. The van der Waals surface area contributed by atoms with E-state index >= 15 is 0 Å². The fraction of sp³-hybridized carbons (Fsp3) is 0.444. The molecule has 6 atom stereocenters. The Labute approximate surface area is 204 Å². The molecule has 3 fully saturated rings. The van der Waals surface area contributed by atoms with Gasteiger partial charge in [0.1, 0.15) is 11.9 Å². The van der Waals surface area contributed by atoms with Crippen LogP contribution in [-0.2, 0) is 9.47 Å². The molecular formula is C27H30FN3O4. The second-order valence-corrected chi connectivity index (χ2v) is 9.57. The Bertz CT molecular complexity index is 1110. The molecule has 8 heteroatoms. The summed E-state index contributed by atoms with van der Waals surface area (Å²) < 4.78 is 24.3. The average Bonchev–Trinajstić information content (AvgIpc) is 3.22. The van der Waals surface area contributed by atoms with Gasteiger partial charge in [0, 0.05) is 23.7 Å². The van der Waals surface area contributed by atoms with Crippen LogP contribution in [0.15, 0.2) is 48.7 Å². The molecule has 0 radical (unpaired) electrons. The number of rotatable bonds is 5. The van der Waals surface area contributed by atoms with Gasteiger partial charge in [-0.1, -0.05) is 24.3 Å². The number of fused-ring (bicyclic) bond motifs is 2. The summed E-state index contributed by atoms with van der Waals surface area (Å²) in [7, 11) is 0. The minimum atomic E-state index is -0.369. The molecule has 3 aliphatic rings. The molecular weight excluding hydrogens is 449 g/mol. The van der Waals surface area contributed by atoms with Crippen LogP contribution in [0, 0.1) is 23.6 Å². The lowest BCUT2D eigenvalue weighted by Gasteiger charge is -2.46. The van der Waals surface area contributed by atoms with E-state index in [4.69, 9.17) is 9.47 Å². The number of alkyl carbamates (subject to hydrolysis) is 2. The number of hydrogen-bond acceptors (Lipinski definition) is 5. The lowest BCUT2D eigenvalue weighted by atomic mass is 9.62. The maximum atomic E-state index is 13.6. The predicted molar refractivity (Wildman–Crippen MR) is 129 cm³/mol. The Kier molecular flexibility index (Phi) is 6.70. The molecule has 2 N–H and O–H groups in total. The summed E-state index contributed by atoms with van der Waals surface area (Å²) in [6, 6.07) is 10.3. The SMILES string of the molecule is CCOC(=O)N[C@@H]1CC[C@@H]2[C@@H](C1)C[C@H]1NC(=O)O[C@H]1[C@H]2C=Cc1ccc(-c2cccc(F)c2)cn1. The number of nitrogens with one attached hydrogen (secondary N) is 2. The number of amides is 2. The highest BCUT2D eigenvalue weighted by Crippen LogP contribution is 2.47. The van der Waals surface area contributed by atoms with E-state index in [0.29, 0.717) is 18.4 Å². The van der Waals surface area contributed by atoms with E-state index in [0.717, 1.165) is 42.5 Å². The van der Waals surface area contributed by atoms with Crippen molar-refractivity contribution in [2.75, 3.05) is 6.61 Å². The summed E-state index contributed by atoms with van der Waals surface area (Å²) in [6.07, 6.45) is 8.40. The van der Waals surface area contributed by atoms with Gasteiger partial charge in [-0.3, -0.25) is 4.98 Å². The third-order valence-corrected chi connectivity index (χ3v) is 7.45. The van der Waals surface area contributed by atoms with Crippen LogP contribution in [0.4, 0.5) is 14.0 Å². The predicted octanol–water partition coefficient (Wildman–Crippen LogP) is 4.93. The summed E-state index contributed by atoms with van der Waals surface area (Å²) >= 11 is 0. The summed E-state index contributed by atoms with van der Waals surface area (Å²) in [5.41, 5.74) is 2.42. The van der Waals surface area contributed by atoms with Crippen LogP contribution < -0.4 is 10.6 Å². The first kappa shape index (κ1) is 23.3. The Hall–Kier alpha value is -3.42. The monoisotopic (exact) mass is 479 g/mol. The van der Waals surface area contributed by atoms with Crippen molar-refractivity contribution in [3.63, 3.8) is 0 Å². The van der Waals surface area contributed by atoms with Crippen LogP contribution in [0.2, 0.25) is 0 Å². The zero-order valence-corrected chi connectivity index (χ0v) is 19.7. The first-order valence-corrected chi connectivity index (χ1v) is 12.3. The molecule has 2 amide bonds. The van der Waals surface area contributed by atoms with Crippen molar-refractivity contribution in [2.24, 2.45) is 17.8 Å². The number of benzene rings is 1. The van der Waals surface area contributed by atoms with Crippen molar-refractivity contribution in [3.05, 3.63) is 60.2 Å². The van der Waals surface area contributed by atoms with E-state index < -0.39 is 0 Å². The molecule has 2 aliphatic carbocycles. The molecule has 1 aliphatic heterocycles. The number of ether oxygens (including phenoxy) is 2. The van der Waals surface area contributed by atoms with Crippen molar-refractivity contribution in [1.29, 1.82) is 0 Å². The summed E-state index contributed by atoms with van der Waals surface area (Å²) in [5, 5.41) is 5.95. The average molecular weight is 480 g/mol. The number of carbonyl (C=O) groups excluding carboxylic acids is 2. The van der Waals surface area contributed by atoms with Crippen molar-refractivity contribution in [2.45, 2.75) is 50.8 Å². The van der Waals surface area contributed by atoms with Gasteiger partial charge in [-0.15, -0.1) is 0 Å². The zero-order chi connectivity index (χ0) is 24.4. The van der Waals surface area contributed by atoms with Crippen LogP contribution >= 0.6 is 0 Å². The molecule has 0 unspecified atom stereocenters. The zero-order valence-electron chi connectivity index (χ0n) is 19.7. The van der Waals surface area contributed by atoms with Gasteiger partial charge in [-0.2, -0.15) is 0 Å². The van der Waals surface area contributed by atoms with Gasteiger partial charge < -0.3 is 20.1 Å². The van der Waals surface area contributed by atoms with Crippen LogP contribution in [0.5, 0.6) is 0 Å². The number of pyridine rings is 1. The topological polar surface area (TPSA) is 89.6 Å². The van der Waals surface area contributed by atoms with Gasteiger partial charge in [0.25, 0.3) is 0 Å². The van der Waals surface area contributed by atoms with E-state index in [2.05, 4.69) is 21.7 Å². The Morgan fingerprint density at radius 1 is 1.26 bits per heavy atom. The van der Waals surface area contributed by atoms with E-state index in [1.807, 2.05) is 24.3 Å². The van der Waals surface area contributed by atoms with Gasteiger partial charge >= 0.3 is 12.2 Å². The summed E-state index contributed by atoms with van der Waals surface area (Å²) in [5.74, 6) is 0.495. The van der Waals surface area contributed by atoms with Crippen LogP contribution in [0.25, 0.3) is 17.2 Å². The smallest absolute Gasteiger partial charge is 0.407 e. The fourth-order valence-corrected chi connectivity index (χ4v) is 5.92. The Balaban J connectivity index is 1.31. The standard InChI is InChI=1S/C27H30FN3O4/c1-2-34-26(32)30-21-9-10-22-18(13-21)14-24-25(35-27(33)31-24)23(22)11-8-20-7-6-17(15-29-20)16-4-3-5-19(28)12-16/h3-8,11-12,15,18,21-25H,2,9-10,13-14H2,1H3,(H,30,32)(H,31,33)/t18-,21+,22+,23-,24+,25-/m0/s1. The second-order valence-electron chi connectivity index (χ2n) is 9.57. The third kappa shape index (κ3) is 5.16. The van der Waals surface area contributed by atoms with Gasteiger partial charge in [-0.05, 0) is 74.3 Å². The highest BCUT2D eigenvalue weighted by molar-refractivity contribution is 5.70. The fourth-order valence-electron chi connectivity index (χ4n) is 5.92. The molecule has 184 valence electrons. The van der Waals surface area contributed by atoms with Gasteiger partial charge in [0.15, 0.2) is 0 Å². The van der Waals surface area contributed by atoms with Crippen LogP contribution in [0.3, 0.4) is 0 Å². The van der Waals surface area contributed by atoms with Gasteiger partial charge in [0.2, 0.25) is 0 Å². The quantitative estimate of drug-likeness (QED) is 0.635. The maximum Gasteiger partial charge on any atom is 0.407 e. The van der Waals surface area contributed by atoms with Gasteiger partial charge in [0.05, 0.1) is 18.3 Å². The molecule has 1 aromatic heterocycles. The molecule has 7 nitrogen and oxygen atoms in total. The number of aromatic nitrogens is 1. The molecule has 2 saturated carbocycles. The third-order valence-electron chi connectivity index (χ3n) is 7.45. The minimum absolute atomic E-state index is 0.0388. The summed E-state index contributed by atoms with van der Waals surface area (Å²) in [6.45, 7) is 2.14. The van der Waals surface area contributed by atoms with E-state index in [9.17, 15) is 14.0 Å². The van der Waals surface area contributed by atoms with Crippen molar-refractivity contribution in [3.8, 4) is 11.1 Å². The first-order valence-electron chi connectivity index (χ1n) is 12.3. The lowest BCUT2D eigenvalue weighted by Crippen LogP contribution is -2.52. The number of carbonyl (C=O) groups is 2. The number of hydrogen-bond donors (Lipinski definition) is 2. The molecule has 5 rings (SSSR count). The molecule has 0 bridgehead atoms.